The molecule has 1 aromatic rings. The van der Waals surface area contributed by atoms with Crippen LogP contribution in [-0.2, 0) is 0 Å². The van der Waals surface area contributed by atoms with Crippen LogP contribution in [0.15, 0.2) is 18.2 Å². The number of fused-ring (bicyclic) bond motifs is 1. The van der Waals surface area contributed by atoms with Crippen LogP contribution < -0.4 is 15.4 Å². The Labute approximate surface area is 155 Å². The molecule has 0 saturated carbocycles. The number of anilines is 1. The van der Waals surface area contributed by atoms with Crippen molar-refractivity contribution >= 4 is 17.6 Å². The van der Waals surface area contributed by atoms with Gasteiger partial charge in [-0.1, -0.05) is 13.0 Å². The lowest BCUT2D eigenvalue weighted by molar-refractivity contribution is 0.0578. The van der Waals surface area contributed by atoms with E-state index in [9.17, 15) is 9.59 Å². The summed E-state index contributed by atoms with van der Waals surface area (Å²) in [5.41, 5.74) is 0.964. The SMILES string of the molecule is CC(C)NC(=O)Nc1cccc2c1O[C@@H](CN(C)C)[C@H](C)CN(C)C2=O. The zero-order valence-electron chi connectivity index (χ0n) is 16.5. The lowest BCUT2D eigenvalue weighted by Gasteiger charge is -2.34. The maximum Gasteiger partial charge on any atom is 0.319 e. The van der Waals surface area contributed by atoms with Crippen molar-refractivity contribution in [2.45, 2.75) is 32.9 Å². The number of hydrogen-bond donors (Lipinski definition) is 2. The topological polar surface area (TPSA) is 73.9 Å². The predicted octanol–water partition coefficient (Wildman–Crippen LogP) is 2.25. The van der Waals surface area contributed by atoms with E-state index < -0.39 is 0 Å². The maximum atomic E-state index is 12.8. The van der Waals surface area contributed by atoms with Crippen LogP contribution in [0.1, 0.15) is 31.1 Å². The molecule has 1 heterocycles. The number of ether oxygens (including phenoxy) is 1. The van der Waals surface area contributed by atoms with Crippen LogP contribution in [0.5, 0.6) is 5.75 Å². The fourth-order valence-corrected chi connectivity index (χ4v) is 3.03. The molecule has 1 aliphatic rings. The fraction of sp³-hybridized carbons (Fsp3) is 0.579. The van der Waals surface area contributed by atoms with Gasteiger partial charge in [0.1, 0.15) is 6.10 Å². The average Bonchev–Trinajstić information content (AvgIpc) is 2.52. The summed E-state index contributed by atoms with van der Waals surface area (Å²) in [6.45, 7) is 7.18. The van der Waals surface area contributed by atoms with Crippen LogP contribution in [0.2, 0.25) is 0 Å². The number of amides is 3. The van der Waals surface area contributed by atoms with E-state index in [4.69, 9.17) is 4.74 Å². The number of nitrogens with zero attached hydrogens (tertiary/aromatic N) is 2. The molecule has 0 aromatic heterocycles. The Balaban J connectivity index is 2.41. The average molecular weight is 362 g/mol. The van der Waals surface area contributed by atoms with Crippen LogP contribution in [0.3, 0.4) is 0 Å². The third kappa shape index (κ3) is 4.88. The molecule has 0 bridgehead atoms. The summed E-state index contributed by atoms with van der Waals surface area (Å²) >= 11 is 0. The number of hydrogen-bond acceptors (Lipinski definition) is 4. The van der Waals surface area contributed by atoms with Gasteiger partial charge in [-0.15, -0.1) is 0 Å². The van der Waals surface area contributed by atoms with E-state index in [0.717, 1.165) is 6.54 Å². The lowest BCUT2D eigenvalue weighted by atomic mass is 10.0. The molecule has 2 rings (SSSR count). The first-order valence-electron chi connectivity index (χ1n) is 8.96. The predicted molar refractivity (Wildman–Crippen MR) is 103 cm³/mol. The van der Waals surface area contributed by atoms with E-state index in [0.29, 0.717) is 23.5 Å². The highest BCUT2D eigenvalue weighted by atomic mass is 16.5. The van der Waals surface area contributed by atoms with Gasteiger partial charge in [0.2, 0.25) is 0 Å². The molecule has 7 heteroatoms. The minimum absolute atomic E-state index is 0.00992. The summed E-state index contributed by atoms with van der Waals surface area (Å²) in [6.07, 6.45) is -0.101. The summed E-state index contributed by atoms with van der Waals surface area (Å²) < 4.78 is 6.28. The molecule has 0 aliphatic carbocycles. The molecule has 3 amide bonds. The Kier molecular flexibility index (Phi) is 6.47. The molecule has 144 valence electrons. The Bertz CT molecular complexity index is 660. The first-order valence-corrected chi connectivity index (χ1v) is 8.96. The van der Waals surface area contributed by atoms with Gasteiger partial charge >= 0.3 is 6.03 Å². The second kappa shape index (κ2) is 8.40. The minimum atomic E-state index is -0.322. The molecular formula is C19H30N4O3. The molecule has 0 radical (unpaired) electrons. The first kappa shape index (κ1) is 20.0. The highest BCUT2D eigenvalue weighted by Crippen LogP contribution is 2.34. The van der Waals surface area contributed by atoms with E-state index >= 15 is 0 Å². The maximum absolute atomic E-state index is 12.8. The molecule has 1 aliphatic heterocycles. The van der Waals surface area contributed by atoms with Crippen molar-refractivity contribution in [3.8, 4) is 5.75 Å². The summed E-state index contributed by atoms with van der Waals surface area (Å²) in [6, 6.07) is 4.94. The Hall–Kier alpha value is -2.28. The van der Waals surface area contributed by atoms with Gasteiger partial charge in [-0.25, -0.2) is 4.79 Å². The van der Waals surface area contributed by atoms with Crippen LogP contribution in [0.4, 0.5) is 10.5 Å². The molecule has 26 heavy (non-hydrogen) atoms. The second-order valence-corrected chi connectivity index (χ2v) is 7.52. The lowest BCUT2D eigenvalue weighted by Crippen LogP contribution is -2.44. The summed E-state index contributed by atoms with van der Waals surface area (Å²) in [5, 5.41) is 5.60. The van der Waals surface area contributed by atoms with Crippen LogP contribution in [0, 0.1) is 5.92 Å². The molecule has 1 aromatic carbocycles. The molecule has 0 spiro atoms. The van der Waals surface area contributed by atoms with Crippen molar-refractivity contribution < 1.29 is 14.3 Å². The van der Waals surface area contributed by atoms with Crippen molar-refractivity contribution in [3.63, 3.8) is 0 Å². The zero-order valence-corrected chi connectivity index (χ0v) is 16.5. The van der Waals surface area contributed by atoms with Gasteiger partial charge < -0.3 is 25.2 Å². The van der Waals surface area contributed by atoms with Crippen molar-refractivity contribution in [3.05, 3.63) is 23.8 Å². The van der Waals surface area contributed by atoms with E-state index in [-0.39, 0.29) is 30.0 Å². The van der Waals surface area contributed by atoms with Crippen molar-refractivity contribution in [2.24, 2.45) is 5.92 Å². The van der Waals surface area contributed by atoms with Gasteiger partial charge in [-0.2, -0.15) is 0 Å². The molecule has 0 unspecified atom stereocenters. The summed E-state index contributed by atoms with van der Waals surface area (Å²) in [7, 11) is 5.78. The first-order chi connectivity index (χ1) is 12.2. The van der Waals surface area contributed by atoms with Gasteiger partial charge in [0.05, 0.1) is 11.3 Å². The Morgan fingerprint density at radius 2 is 2.08 bits per heavy atom. The monoisotopic (exact) mass is 362 g/mol. The van der Waals surface area contributed by atoms with E-state index in [1.165, 1.54) is 0 Å². The van der Waals surface area contributed by atoms with Gasteiger partial charge in [0.25, 0.3) is 5.91 Å². The largest absolute Gasteiger partial charge is 0.486 e. The van der Waals surface area contributed by atoms with E-state index in [2.05, 4.69) is 22.5 Å². The Morgan fingerprint density at radius 1 is 1.38 bits per heavy atom. The number of nitrogens with one attached hydrogen (secondary N) is 2. The van der Waals surface area contributed by atoms with Crippen molar-refractivity contribution in [2.75, 3.05) is 39.5 Å². The quantitative estimate of drug-likeness (QED) is 0.862. The van der Waals surface area contributed by atoms with Gasteiger partial charge in [-0.05, 0) is 40.1 Å². The van der Waals surface area contributed by atoms with Gasteiger partial charge in [0, 0.05) is 32.1 Å². The van der Waals surface area contributed by atoms with Crippen molar-refractivity contribution in [1.82, 2.24) is 15.1 Å². The normalized spacial score (nSPS) is 20.3. The molecule has 2 N–H and O–H groups in total. The van der Waals surface area contributed by atoms with Crippen LogP contribution in [-0.4, -0.2) is 68.1 Å². The third-order valence-electron chi connectivity index (χ3n) is 4.27. The number of benzene rings is 1. The number of likely N-dealkylation sites (N-methyl/N-ethyl adjacent to an activating group) is 1. The number of urea groups is 1. The highest BCUT2D eigenvalue weighted by molar-refractivity contribution is 6.01. The summed E-state index contributed by atoms with van der Waals surface area (Å²) in [4.78, 5) is 28.7. The molecule has 0 saturated heterocycles. The second-order valence-electron chi connectivity index (χ2n) is 7.52. The van der Waals surface area contributed by atoms with Gasteiger partial charge in [-0.3, -0.25) is 4.79 Å². The van der Waals surface area contributed by atoms with E-state index in [1.807, 2.05) is 27.9 Å². The Morgan fingerprint density at radius 3 is 2.69 bits per heavy atom. The molecule has 7 nitrogen and oxygen atoms in total. The standard InChI is InChI=1S/C19H30N4O3/c1-12(2)20-19(25)21-15-9-7-8-14-17(15)26-16(11-22(4)5)13(3)10-23(6)18(14)24/h7-9,12-13,16H,10-11H2,1-6H3,(H2,20,21,25)/t13-,16+/m1/s1. The van der Waals surface area contributed by atoms with Crippen LogP contribution in [0.25, 0.3) is 0 Å². The molecule has 0 fully saturated rings. The van der Waals surface area contributed by atoms with Crippen LogP contribution >= 0.6 is 0 Å². The molecular weight excluding hydrogens is 332 g/mol. The fourth-order valence-electron chi connectivity index (χ4n) is 3.03. The minimum Gasteiger partial charge on any atom is -0.486 e. The third-order valence-corrected chi connectivity index (χ3v) is 4.27. The highest BCUT2D eigenvalue weighted by Gasteiger charge is 2.31. The van der Waals surface area contributed by atoms with Gasteiger partial charge in [0.15, 0.2) is 5.75 Å². The van der Waals surface area contributed by atoms with E-state index in [1.54, 1.807) is 30.1 Å². The molecule has 2 atom stereocenters. The number of para-hydroxylation sites is 1. The zero-order chi connectivity index (χ0) is 19.4. The number of carbonyl (C=O) groups excluding carboxylic acids is 2. The smallest absolute Gasteiger partial charge is 0.319 e. The summed E-state index contributed by atoms with van der Waals surface area (Å²) in [5.74, 6) is 0.474. The number of carbonyl (C=O) groups is 2. The number of rotatable bonds is 4. The van der Waals surface area contributed by atoms with Crippen molar-refractivity contribution in [1.29, 1.82) is 0 Å².